The standard InChI is InChI=1S/C9H17N/c1-3-4-5-9-6-7-10(2)8-9/h3,9H,1,4-8H2,2H3. The van der Waals surface area contributed by atoms with Gasteiger partial charge < -0.3 is 4.90 Å². The van der Waals surface area contributed by atoms with Crippen LogP contribution in [-0.4, -0.2) is 25.0 Å². The van der Waals surface area contributed by atoms with Gasteiger partial charge in [0, 0.05) is 6.54 Å². The van der Waals surface area contributed by atoms with Crippen molar-refractivity contribution in [3.63, 3.8) is 0 Å². The topological polar surface area (TPSA) is 3.24 Å². The Labute approximate surface area is 63.7 Å². The molecule has 1 heteroatoms. The van der Waals surface area contributed by atoms with Gasteiger partial charge in [0.05, 0.1) is 0 Å². The zero-order chi connectivity index (χ0) is 7.40. The molecule has 0 aromatic heterocycles. The molecular weight excluding hydrogens is 122 g/mol. The Morgan fingerprint density at radius 1 is 1.70 bits per heavy atom. The van der Waals surface area contributed by atoms with Gasteiger partial charge in [0.25, 0.3) is 0 Å². The van der Waals surface area contributed by atoms with Gasteiger partial charge in [-0.3, -0.25) is 0 Å². The number of nitrogens with zero attached hydrogens (tertiary/aromatic N) is 1. The van der Waals surface area contributed by atoms with Crippen LogP contribution in [0.1, 0.15) is 19.3 Å². The lowest BCUT2D eigenvalue weighted by Crippen LogP contribution is -2.13. The Balaban J connectivity index is 2.12. The minimum absolute atomic E-state index is 0.947. The van der Waals surface area contributed by atoms with Crippen molar-refractivity contribution in [3.8, 4) is 0 Å². The summed E-state index contributed by atoms with van der Waals surface area (Å²) in [6.45, 7) is 6.32. The van der Waals surface area contributed by atoms with Crippen LogP contribution in [0.25, 0.3) is 0 Å². The molecule has 0 aliphatic carbocycles. The van der Waals surface area contributed by atoms with E-state index in [2.05, 4.69) is 18.5 Å². The predicted molar refractivity (Wildman–Crippen MR) is 45.0 cm³/mol. The molecule has 58 valence electrons. The second-order valence-corrected chi connectivity index (χ2v) is 3.28. The number of rotatable bonds is 3. The first kappa shape index (κ1) is 7.80. The summed E-state index contributed by atoms with van der Waals surface area (Å²) in [4.78, 5) is 2.41. The van der Waals surface area contributed by atoms with E-state index < -0.39 is 0 Å². The van der Waals surface area contributed by atoms with Gasteiger partial charge in [-0.25, -0.2) is 0 Å². The van der Waals surface area contributed by atoms with Crippen molar-refractivity contribution in [2.24, 2.45) is 5.92 Å². The molecule has 1 heterocycles. The summed E-state index contributed by atoms with van der Waals surface area (Å²) in [6, 6.07) is 0. The fourth-order valence-corrected chi connectivity index (χ4v) is 1.62. The molecule has 0 amide bonds. The predicted octanol–water partition coefficient (Wildman–Crippen LogP) is 1.90. The Bertz CT molecular complexity index is 109. The smallest absolute Gasteiger partial charge is 0.000719 e. The zero-order valence-electron chi connectivity index (χ0n) is 6.84. The van der Waals surface area contributed by atoms with Gasteiger partial charge in [-0.2, -0.15) is 0 Å². The van der Waals surface area contributed by atoms with Crippen molar-refractivity contribution in [1.29, 1.82) is 0 Å². The van der Waals surface area contributed by atoms with E-state index in [9.17, 15) is 0 Å². The lowest BCUT2D eigenvalue weighted by atomic mass is 10.0. The average molecular weight is 139 g/mol. The molecule has 1 saturated heterocycles. The van der Waals surface area contributed by atoms with Crippen molar-refractivity contribution in [2.75, 3.05) is 20.1 Å². The molecule has 1 atom stereocenters. The molecular formula is C9H17N. The Kier molecular flexibility index (Phi) is 2.94. The lowest BCUT2D eigenvalue weighted by molar-refractivity contribution is 0.389. The SMILES string of the molecule is C=CCCC1CCN(C)C1. The molecule has 0 aromatic rings. The Morgan fingerprint density at radius 2 is 2.50 bits per heavy atom. The molecule has 1 fully saturated rings. The van der Waals surface area contributed by atoms with Crippen LogP contribution in [-0.2, 0) is 0 Å². The maximum Gasteiger partial charge on any atom is 0.000719 e. The fraction of sp³-hybridized carbons (Fsp3) is 0.778. The first-order valence-electron chi connectivity index (χ1n) is 4.12. The van der Waals surface area contributed by atoms with E-state index in [1.54, 1.807) is 0 Å². The maximum atomic E-state index is 3.73. The summed E-state index contributed by atoms with van der Waals surface area (Å²) in [5, 5.41) is 0. The van der Waals surface area contributed by atoms with E-state index in [0.717, 1.165) is 5.92 Å². The van der Waals surface area contributed by atoms with Crippen molar-refractivity contribution in [2.45, 2.75) is 19.3 Å². The lowest BCUT2D eigenvalue weighted by Gasteiger charge is -2.07. The van der Waals surface area contributed by atoms with Crippen molar-refractivity contribution in [1.82, 2.24) is 4.90 Å². The minimum atomic E-state index is 0.947. The molecule has 0 aromatic carbocycles. The van der Waals surface area contributed by atoms with E-state index >= 15 is 0 Å². The molecule has 0 bridgehead atoms. The zero-order valence-corrected chi connectivity index (χ0v) is 6.84. The van der Waals surface area contributed by atoms with Crippen LogP contribution in [0.15, 0.2) is 12.7 Å². The van der Waals surface area contributed by atoms with Crippen molar-refractivity contribution >= 4 is 0 Å². The van der Waals surface area contributed by atoms with E-state index in [1.807, 2.05) is 6.08 Å². The minimum Gasteiger partial charge on any atom is -0.306 e. The van der Waals surface area contributed by atoms with Crippen molar-refractivity contribution in [3.05, 3.63) is 12.7 Å². The molecule has 1 unspecified atom stereocenters. The molecule has 0 N–H and O–H groups in total. The first-order chi connectivity index (χ1) is 4.83. The van der Waals surface area contributed by atoms with E-state index in [1.165, 1.54) is 32.4 Å². The normalized spacial score (nSPS) is 27.1. The highest BCUT2D eigenvalue weighted by atomic mass is 15.1. The van der Waals surface area contributed by atoms with Crippen LogP contribution < -0.4 is 0 Å². The molecule has 0 saturated carbocycles. The summed E-state index contributed by atoms with van der Waals surface area (Å²) < 4.78 is 0. The van der Waals surface area contributed by atoms with E-state index in [4.69, 9.17) is 0 Å². The number of likely N-dealkylation sites (tertiary alicyclic amines) is 1. The highest BCUT2D eigenvalue weighted by Crippen LogP contribution is 2.19. The quantitative estimate of drug-likeness (QED) is 0.540. The van der Waals surface area contributed by atoms with Crippen LogP contribution in [0, 0.1) is 5.92 Å². The number of hydrogen-bond donors (Lipinski definition) is 0. The number of hydrogen-bond acceptors (Lipinski definition) is 1. The summed E-state index contributed by atoms with van der Waals surface area (Å²) in [6.07, 6.45) is 5.95. The summed E-state index contributed by atoms with van der Waals surface area (Å²) in [5.41, 5.74) is 0. The summed E-state index contributed by atoms with van der Waals surface area (Å²) in [5.74, 6) is 0.947. The largest absolute Gasteiger partial charge is 0.306 e. The van der Waals surface area contributed by atoms with Crippen LogP contribution in [0.4, 0.5) is 0 Å². The van der Waals surface area contributed by atoms with Gasteiger partial charge >= 0.3 is 0 Å². The first-order valence-corrected chi connectivity index (χ1v) is 4.12. The highest BCUT2D eigenvalue weighted by molar-refractivity contribution is 4.76. The second kappa shape index (κ2) is 3.77. The fourth-order valence-electron chi connectivity index (χ4n) is 1.62. The van der Waals surface area contributed by atoms with Gasteiger partial charge in [0.2, 0.25) is 0 Å². The maximum absolute atomic E-state index is 3.73. The monoisotopic (exact) mass is 139 g/mol. The molecule has 1 rings (SSSR count). The summed E-state index contributed by atoms with van der Waals surface area (Å²) >= 11 is 0. The van der Waals surface area contributed by atoms with Crippen LogP contribution >= 0.6 is 0 Å². The van der Waals surface area contributed by atoms with E-state index in [-0.39, 0.29) is 0 Å². The summed E-state index contributed by atoms with van der Waals surface area (Å²) in [7, 11) is 2.20. The van der Waals surface area contributed by atoms with Gasteiger partial charge in [0.1, 0.15) is 0 Å². The highest BCUT2D eigenvalue weighted by Gasteiger charge is 2.17. The van der Waals surface area contributed by atoms with Gasteiger partial charge in [-0.1, -0.05) is 6.08 Å². The molecule has 1 aliphatic heterocycles. The Hall–Kier alpha value is -0.300. The Morgan fingerprint density at radius 3 is 3.00 bits per heavy atom. The molecule has 0 spiro atoms. The van der Waals surface area contributed by atoms with Crippen LogP contribution in [0.3, 0.4) is 0 Å². The molecule has 10 heavy (non-hydrogen) atoms. The van der Waals surface area contributed by atoms with E-state index in [0.29, 0.717) is 0 Å². The number of allylic oxidation sites excluding steroid dienone is 1. The third-order valence-electron chi connectivity index (χ3n) is 2.27. The average Bonchev–Trinajstić information content (AvgIpc) is 2.31. The molecule has 1 aliphatic rings. The third-order valence-corrected chi connectivity index (χ3v) is 2.27. The van der Waals surface area contributed by atoms with Gasteiger partial charge in [-0.05, 0) is 38.8 Å². The van der Waals surface area contributed by atoms with Gasteiger partial charge in [-0.15, -0.1) is 6.58 Å². The molecule has 0 radical (unpaired) electrons. The van der Waals surface area contributed by atoms with Gasteiger partial charge in [0.15, 0.2) is 0 Å². The third kappa shape index (κ3) is 2.14. The second-order valence-electron chi connectivity index (χ2n) is 3.28. The van der Waals surface area contributed by atoms with Crippen molar-refractivity contribution < 1.29 is 0 Å². The molecule has 1 nitrogen and oxygen atoms in total. The van der Waals surface area contributed by atoms with Crippen LogP contribution in [0.2, 0.25) is 0 Å². The van der Waals surface area contributed by atoms with Crippen LogP contribution in [0.5, 0.6) is 0 Å².